The molecular formula is C22H19F3N4O3. The number of ether oxygens (including phenoxy) is 1. The van der Waals surface area contributed by atoms with E-state index in [1.165, 1.54) is 31.4 Å². The molecule has 2 aromatic carbocycles. The highest BCUT2D eigenvalue weighted by Gasteiger charge is 2.30. The van der Waals surface area contributed by atoms with Gasteiger partial charge in [-0.1, -0.05) is 12.1 Å². The summed E-state index contributed by atoms with van der Waals surface area (Å²) in [5, 5.41) is 11.1. The van der Waals surface area contributed by atoms with E-state index in [1.54, 1.807) is 12.3 Å². The van der Waals surface area contributed by atoms with E-state index >= 15 is 0 Å². The number of hydrogen-bond acceptors (Lipinski definition) is 6. The minimum absolute atomic E-state index is 0.00252. The minimum Gasteiger partial charge on any atom is -0.496 e. The smallest absolute Gasteiger partial charge is 0.416 e. The molecule has 10 heteroatoms. The van der Waals surface area contributed by atoms with Gasteiger partial charge in [-0.15, -0.1) is 0 Å². The fraction of sp³-hybridized carbons (Fsp3) is 0.273. The lowest BCUT2D eigenvalue weighted by molar-refractivity contribution is -0.385. The summed E-state index contributed by atoms with van der Waals surface area (Å²) in [6.07, 6.45) is -2.07. The van der Waals surface area contributed by atoms with E-state index < -0.39 is 16.7 Å². The number of fused-ring (bicyclic) bond motifs is 1. The number of halogens is 3. The van der Waals surface area contributed by atoms with Gasteiger partial charge in [-0.3, -0.25) is 15.0 Å². The molecule has 166 valence electrons. The summed E-state index contributed by atoms with van der Waals surface area (Å²) in [7, 11) is 1.52. The minimum atomic E-state index is -4.39. The van der Waals surface area contributed by atoms with Gasteiger partial charge < -0.3 is 4.74 Å². The van der Waals surface area contributed by atoms with Gasteiger partial charge in [-0.2, -0.15) is 13.2 Å². The molecule has 32 heavy (non-hydrogen) atoms. The molecule has 0 N–H and O–H groups in total. The quantitative estimate of drug-likeness (QED) is 0.421. The summed E-state index contributed by atoms with van der Waals surface area (Å²) in [6.45, 7) is 1.68. The highest BCUT2D eigenvalue weighted by atomic mass is 19.4. The van der Waals surface area contributed by atoms with Gasteiger partial charge >= 0.3 is 6.18 Å². The molecule has 0 atom stereocenters. The topological polar surface area (TPSA) is 81.4 Å². The van der Waals surface area contributed by atoms with Crippen LogP contribution in [-0.2, 0) is 25.7 Å². The van der Waals surface area contributed by atoms with Crippen LogP contribution in [0.3, 0.4) is 0 Å². The van der Waals surface area contributed by atoms with Crippen LogP contribution in [0.5, 0.6) is 5.75 Å². The highest BCUT2D eigenvalue weighted by Crippen LogP contribution is 2.31. The number of methoxy groups -OCH3 is 1. The molecule has 0 unspecified atom stereocenters. The Balaban J connectivity index is 1.51. The molecule has 0 fully saturated rings. The van der Waals surface area contributed by atoms with Crippen molar-refractivity contribution >= 4 is 5.69 Å². The van der Waals surface area contributed by atoms with Crippen molar-refractivity contribution in [3.05, 3.63) is 81.2 Å². The molecule has 0 saturated carbocycles. The molecule has 3 aromatic rings. The Bertz CT molecular complexity index is 1150. The molecule has 7 nitrogen and oxygen atoms in total. The van der Waals surface area contributed by atoms with E-state index in [-0.39, 0.29) is 5.69 Å². The molecule has 0 saturated heterocycles. The Morgan fingerprint density at radius 3 is 2.59 bits per heavy atom. The van der Waals surface area contributed by atoms with Crippen molar-refractivity contribution in [1.82, 2.24) is 14.9 Å². The first kappa shape index (κ1) is 21.7. The van der Waals surface area contributed by atoms with Crippen molar-refractivity contribution in [2.75, 3.05) is 13.7 Å². The zero-order valence-electron chi connectivity index (χ0n) is 17.1. The molecule has 0 bridgehead atoms. The number of rotatable bonds is 5. The largest absolute Gasteiger partial charge is 0.496 e. The van der Waals surface area contributed by atoms with Gasteiger partial charge in [0, 0.05) is 61.1 Å². The van der Waals surface area contributed by atoms with E-state index in [2.05, 4.69) is 14.9 Å². The van der Waals surface area contributed by atoms with Crippen LogP contribution in [0.25, 0.3) is 11.4 Å². The van der Waals surface area contributed by atoms with Crippen molar-refractivity contribution < 1.29 is 22.8 Å². The molecular weight excluding hydrogens is 425 g/mol. The normalized spacial score (nSPS) is 14.1. The lowest BCUT2D eigenvalue weighted by atomic mass is 10.0. The van der Waals surface area contributed by atoms with Crippen LogP contribution in [0, 0.1) is 10.1 Å². The molecule has 1 aromatic heterocycles. The Hall–Kier alpha value is -3.53. The maximum atomic E-state index is 12.8. The summed E-state index contributed by atoms with van der Waals surface area (Å²) in [6, 6.07) is 9.29. The number of non-ortho nitro benzene ring substituents is 1. The fourth-order valence-electron chi connectivity index (χ4n) is 3.70. The summed E-state index contributed by atoms with van der Waals surface area (Å²) < 4.78 is 43.7. The van der Waals surface area contributed by atoms with Crippen molar-refractivity contribution in [3.63, 3.8) is 0 Å². The average molecular weight is 444 g/mol. The Labute approximate surface area is 181 Å². The number of benzene rings is 2. The van der Waals surface area contributed by atoms with Crippen molar-refractivity contribution in [1.29, 1.82) is 0 Å². The number of nitrogens with zero attached hydrogens (tertiary/aromatic N) is 4. The van der Waals surface area contributed by atoms with Crippen LogP contribution in [-0.4, -0.2) is 33.4 Å². The zero-order valence-corrected chi connectivity index (χ0v) is 17.1. The summed E-state index contributed by atoms with van der Waals surface area (Å²) in [4.78, 5) is 21.7. The predicted octanol–water partition coefficient (Wildman–Crippen LogP) is 4.64. The Morgan fingerprint density at radius 2 is 1.94 bits per heavy atom. The number of nitro groups is 1. The second-order valence-electron chi connectivity index (χ2n) is 7.45. The van der Waals surface area contributed by atoms with Gasteiger partial charge in [0.25, 0.3) is 5.69 Å². The molecule has 1 aliphatic heterocycles. The lowest BCUT2D eigenvalue weighted by Gasteiger charge is -2.28. The van der Waals surface area contributed by atoms with Crippen LogP contribution in [0.4, 0.5) is 18.9 Å². The van der Waals surface area contributed by atoms with E-state index in [9.17, 15) is 23.3 Å². The molecule has 0 radical (unpaired) electrons. The zero-order chi connectivity index (χ0) is 22.9. The van der Waals surface area contributed by atoms with Gasteiger partial charge in [-0.05, 0) is 18.2 Å². The highest BCUT2D eigenvalue weighted by molar-refractivity contribution is 5.56. The van der Waals surface area contributed by atoms with Crippen LogP contribution >= 0.6 is 0 Å². The van der Waals surface area contributed by atoms with Gasteiger partial charge in [0.15, 0.2) is 5.82 Å². The van der Waals surface area contributed by atoms with Gasteiger partial charge in [-0.25, -0.2) is 9.97 Å². The van der Waals surface area contributed by atoms with Crippen LogP contribution < -0.4 is 4.74 Å². The monoisotopic (exact) mass is 444 g/mol. The number of hydrogen-bond donors (Lipinski definition) is 0. The second kappa shape index (κ2) is 8.54. The Morgan fingerprint density at radius 1 is 1.19 bits per heavy atom. The van der Waals surface area contributed by atoms with Gasteiger partial charge in [0.1, 0.15) is 5.75 Å². The lowest BCUT2D eigenvalue weighted by Crippen LogP contribution is -2.31. The number of aromatic nitrogens is 2. The molecule has 0 aliphatic carbocycles. The standard InChI is InChI=1S/C22H19F3N4O3/c1-32-20-7-6-18(29(30)31)10-15(20)12-28-9-8-19-16(13-28)11-26-21(27-19)14-2-4-17(5-3-14)22(23,24)25/h2-7,10-11H,8-9,12-13H2,1H3. The third-order valence-electron chi connectivity index (χ3n) is 5.35. The van der Waals surface area contributed by atoms with Crippen LogP contribution in [0.15, 0.2) is 48.7 Å². The van der Waals surface area contributed by atoms with E-state index in [1.807, 2.05) is 0 Å². The fourth-order valence-corrected chi connectivity index (χ4v) is 3.70. The van der Waals surface area contributed by atoms with Crippen molar-refractivity contribution in [3.8, 4) is 17.1 Å². The number of nitro benzene ring substituents is 1. The summed E-state index contributed by atoms with van der Waals surface area (Å²) in [5.74, 6) is 0.960. The summed E-state index contributed by atoms with van der Waals surface area (Å²) in [5.41, 5.74) is 2.28. The predicted molar refractivity (Wildman–Crippen MR) is 110 cm³/mol. The summed E-state index contributed by atoms with van der Waals surface area (Å²) >= 11 is 0. The molecule has 4 rings (SSSR count). The van der Waals surface area contributed by atoms with Crippen LogP contribution in [0.1, 0.15) is 22.4 Å². The molecule has 2 heterocycles. The van der Waals surface area contributed by atoms with Gasteiger partial charge in [0.2, 0.25) is 0 Å². The third-order valence-corrected chi connectivity index (χ3v) is 5.35. The average Bonchev–Trinajstić information content (AvgIpc) is 2.78. The van der Waals surface area contributed by atoms with E-state index in [4.69, 9.17) is 4.74 Å². The third kappa shape index (κ3) is 4.54. The second-order valence-corrected chi connectivity index (χ2v) is 7.45. The van der Waals surface area contributed by atoms with Crippen molar-refractivity contribution in [2.24, 2.45) is 0 Å². The maximum absolute atomic E-state index is 12.8. The first-order valence-electron chi connectivity index (χ1n) is 9.80. The molecule has 0 amide bonds. The Kier molecular flexibility index (Phi) is 5.79. The number of alkyl halides is 3. The maximum Gasteiger partial charge on any atom is 0.416 e. The first-order chi connectivity index (χ1) is 15.2. The van der Waals surface area contributed by atoms with Crippen molar-refractivity contribution in [2.45, 2.75) is 25.7 Å². The first-order valence-corrected chi connectivity index (χ1v) is 9.80. The van der Waals surface area contributed by atoms with Crippen LogP contribution in [0.2, 0.25) is 0 Å². The SMILES string of the molecule is COc1ccc([N+](=O)[O-])cc1CN1CCc2nc(-c3ccc(C(F)(F)F)cc3)ncc2C1. The molecule has 0 spiro atoms. The van der Waals surface area contributed by atoms with E-state index in [0.29, 0.717) is 48.8 Å². The molecule has 1 aliphatic rings. The van der Waals surface area contributed by atoms with E-state index in [0.717, 1.165) is 23.4 Å². The van der Waals surface area contributed by atoms with Gasteiger partial charge in [0.05, 0.1) is 23.3 Å².